The molecule has 1 fully saturated rings. The SMILES string of the molecule is Cc1cc(Br)cnc1N1CCNCC1(C)C. The Morgan fingerprint density at radius 2 is 2.25 bits per heavy atom. The zero-order chi connectivity index (χ0) is 11.8. The molecule has 2 heterocycles. The second-order valence-electron chi connectivity index (χ2n) is 4.93. The highest BCUT2D eigenvalue weighted by atomic mass is 79.9. The van der Waals surface area contributed by atoms with Crippen LogP contribution in [0, 0.1) is 6.92 Å². The second kappa shape index (κ2) is 4.34. The van der Waals surface area contributed by atoms with Crippen molar-refractivity contribution in [3.8, 4) is 0 Å². The van der Waals surface area contributed by atoms with E-state index in [1.54, 1.807) is 0 Å². The van der Waals surface area contributed by atoms with Gasteiger partial charge in [0.05, 0.1) is 0 Å². The summed E-state index contributed by atoms with van der Waals surface area (Å²) in [5.41, 5.74) is 1.36. The fourth-order valence-electron chi connectivity index (χ4n) is 2.19. The minimum atomic E-state index is 0.129. The van der Waals surface area contributed by atoms with Crippen LogP contribution in [0.3, 0.4) is 0 Å². The van der Waals surface area contributed by atoms with Gasteiger partial charge in [-0.15, -0.1) is 0 Å². The minimum Gasteiger partial charge on any atom is -0.349 e. The van der Waals surface area contributed by atoms with E-state index in [1.165, 1.54) is 5.56 Å². The molecule has 0 aliphatic carbocycles. The lowest BCUT2D eigenvalue weighted by Crippen LogP contribution is -2.58. The summed E-state index contributed by atoms with van der Waals surface area (Å²) in [5.74, 6) is 1.11. The van der Waals surface area contributed by atoms with Crippen LogP contribution >= 0.6 is 15.9 Å². The standard InChI is InChI=1S/C12H18BrN3/c1-9-6-10(13)7-15-11(9)16-5-4-14-8-12(16,2)3/h6-7,14H,4-5,8H2,1-3H3. The Morgan fingerprint density at radius 3 is 2.88 bits per heavy atom. The van der Waals surface area contributed by atoms with Gasteiger partial charge in [0, 0.05) is 35.8 Å². The van der Waals surface area contributed by atoms with Gasteiger partial charge in [-0.3, -0.25) is 0 Å². The number of anilines is 1. The molecule has 16 heavy (non-hydrogen) atoms. The summed E-state index contributed by atoms with van der Waals surface area (Å²) in [6.07, 6.45) is 1.88. The zero-order valence-electron chi connectivity index (χ0n) is 10.0. The van der Waals surface area contributed by atoms with Gasteiger partial charge in [0.25, 0.3) is 0 Å². The van der Waals surface area contributed by atoms with E-state index in [0.29, 0.717) is 0 Å². The van der Waals surface area contributed by atoms with Gasteiger partial charge in [0.2, 0.25) is 0 Å². The molecule has 3 nitrogen and oxygen atoms in total. The fourth-order valence-corrected chi connectivity index (χ4v) is 2.64. The number of rotatable bonds is 1. The number of hydrogen-bond donors (Lipinski definition) is 1. The molecular weight excluding hydrogens is 266 g/mol. The predicted molar refractivity (Wildman–Crippen MR) is 71.0 cm³/mol. The average molecular weight is 284 g/mol. The molecule has 1 aliphatic heterocycles. The molecule has 1 aromatic heterocycles. The Hall–Kier alpha value is -0.610. The van der Waals surface area contributed by atoms with Crippen LogP contribution in [0.2, 0.25) is 0 Å². The monoisotopic (exact) mass is 283 g/mol. The molecule has 88 valence electrons. The van der Waals surface area contributed by atoms with Crippen LogP contribution in [-0.2, 0) is 0 Å². The van der Waals surface area contributed by atoms with E-state index in [9.17, 15) is 0 Å². The maximum absolute atomic E-state index is 4.55. The molecule has 4 heteroatoms. The topological polar surface area (TPSA) is 28.2 Å². The highest BCUT2D eigenvalue weighted by Crippen LogP contribution is 2.27. The summed E-state index contributed by atoms with van der Waals surface area (Å²) in [6.45, 7) is 9.67. The van der Waals surface area contributed by atoms with Gasteiger partial charge in [-0.25, -0.2) is 4.98 Å². The molecule has 0 unspecified atom stereocenters. The normalized spacial score (nSPS) is 19.9. The Kier molecular flexibility index (Phi) is 3.22. The first kappa shape index (κ1) is 11.9. The molecule has 0 amide bonds. The van der Waals surface area contributed by atoms with E-state index < -0.39 is 0 Å². The lowest BCUT2D eigenvalue weighted by molar-refractivity contribution is 0.377. The van der Waals surface area contributed by atoms with Gasteiger partial charge in [-0.2, -0.15) is 0 Å². The summed E-state index contributed by atoms with van der Waals surface area (Å²) >= 11 is 3.46. The molecule has 0 spiro atoms. The van der Waals surface area contributed by atoms with Gasteiger partial charge >= 0.3 is 0 Å². The number of piperazine rings is 1. The van der Waals surface area contributed by atoms with E-state index in [2.05, 4.69) is 58.0 Å². The lowest BCUT2D eigenvalue weighted by atomic mass is 9.99. The van der Waals surface area contributed by atoms with Crippen molar-refractivity contribution >= 4 is 21.7 Å². The number of hydrogen-bond acceptors (Lipinski definition) is 3. The largest absolute Gasteiger partial charge is 0.349 e. The highest BCUT2D eigenvalue weighted by molar-refractivity contribution is 9.10. The molecule has 0 saturated carbocycles. The number of nitrogens with zero attached hydrogens (tertiary/aromatic N) is 2. The molecule has 0 radical (unpaired) electrons. The van der Waals surface area contributed by atoms with Crippen molar-refractivity contribution in [3.05, 3.63) is 22.3 Å². The molecule has 1 aliphatic rings. The molecule has 1 saturated heterocycles. The van der Waals surface area contributed by atoms with Gasteiger partial charge in [-0.05, 0) is 48.3 Å². The first-order valence-electron chi connectivity index (χ1n) is 5.61. The summed E-state index contributed by atoms with van der Waals surface area (Å²) in [4.78, 5) is 6.94. The summed E-state index contributed by atoms with van der Waals surface area (Å²) in [7, 11) is 0. The third-order valence-corrected chi connectivity index (χ3v) is 3.51. The number of aryl methyl sites for hydroxylation is 1. The van der Waals surface area contributed by atoms with E-state index in [4.69, 9.17) is 0 Å². The van der Waals surface area contributed by atoms with Gasteiger partial charge in [0.15, 0.2) is 0 Å². The number of pyridine rings is 1. The van der Waals surface area contributed by atoms with Crippen molar-refractivity contribution in [1.29, 1.82) is 0 Å². The summed E-state index contributed by atoms with van der Waals surface area (Å²) < 4.78 is 1.04. The lowest BCUT2D eigenvalue weighted by Gasteiger charge is -2.44. The molecule has 0 aromatic carbocycles. The molecule has 2 rings (SSSR count). The van der Waals surface area contributed by atoms with Crippen LogP contribution in [0.25, 0.3) is 0 Å². The highest BCUT2D eigenvalue weighted by Gasteiger charge is 2.31. The van der Waals surface area contributed by atoms with Crippen molar-refractivity contribution < 1.29 is 0 Å². The van der Waals surface area contributed by atoms with E-state index in [0.717, 1.165) is 29.9 Å². The van der Waals surface area contributed by atoms with Crippen molar-refractivity contribution in [2.24, 2.45) is 0 Å². The summed E-state index contributed by atoms with van der Waals surface area (Å²) in [5, 5.41) is 3.43. The predicted octanol–water partition coefficient (Wildman–Crippen LogP) is 2.34. The number of aromatic nitrogens is 1. The van der Waals surface area contributed by atoms with Gasteiger partial charge < -0.3 is 10.2 Å². The third-order valence-electron chi connectivity index (χ3n) is 3.07. The minimum absolute atomic E-state index is 0.129. The van der Waals surface area contributed by atoms with Crippen molar-refractivity contribution in [2.75, 3.05) is 24.5 Å². The third kappa shape index (κ3) is 2.23. The molecule has 0 atom stereocenters. The van der Waals surface area contributed by atoms with Gasteiger partial charge in [0.1, 0.15) is 5.82 Å². The second-order valence-corrected chi connectivity index (χ2v) is 5.85. The van der Waals surface area contributed by atoms with Crippen LogP contribution in [0.4, 0.5) is 5.82 Å². The Morgan fingerprint density at radius 1 is 1.50 bits per heavy atom. The zero-order valence-corrected chi connectivity index (χ0v) is 11.6. The van der Waals surface area contributed by atoms with E-state index in [-0.39, 0.29) is 5.54 Å². The Bertz CT molecular complexity index is 390. The Labute approximate surface area is 105 Å². The number of nitrogens with one attached hydrogen (secondary N) is 1. The smallest absolute Gasteiger partial charge is 0.132 e. The van der Waals surface area contributed by atoms with Crippen molar-refractivity contribution in [3.63, 3.8) is 0 Å². The first-order valence-corrected chi connectivity index (χ1v) is 6.40. The molecular formula is C12H18BrN3. The maximum atomic E-state index is 4.55. The van der Waals surface area contributed by atoms with Crippen LogP contribution in [0.5, 0.6) is 0 Å². The van der Waals surface area contributed by atoms with Crippen LogP contribution in [-0.4, -0.2) is 30.2 Å². The van der Waals surface area contributed by atoms with Crippen molar-refractivity contribution in [1.82, 2.24) is 10.3 Å². The quantitative estimate of drug-likeness (QED) is 0.858. The van der Waals surface area contributed by atoms with Crippen LogP contribution in [0.15, 0.2) is 16.7 Å². The Balaban J connectivity index is 2.35. The fraction of sp³-hybridized carbons (Fsp3) is 0.583. The summed E-state index contributed by atoms with van der Waals surface area (Å²) in [6, 6.07) is 2.13. The molecule has 0 bridgehead atoms. The first-order chi connectivity index (χ1) is 7.50. The van der Waals surface area contributed by atoms with E-state index in [1.807, 2.05) is 6.20 Å². The average Bonchev–Trinajstić information content (AvgIpc) is 2.19. The maximum Gasteiger partial charge on any atom is 0.132 e. The van der Waals surface area contributed by atoms with Crippen LogP contribution < -0.4 is 10.2 Å². The van der Waals surface area contributed by atoms with Crippen molar-refractivity contribution in [2.45, 2.75) is 26.3 Å². The molecule has 1 aromatic rings. The molecule has 1 N–H and O–H groups in total. The van der Waals surface area contributed by atoms with Crippen LogP contribution in [0.1, 0.15) is 19.4 Å². The van der Waals surface area contributed by atoms with Gasteiger partial charge in [-0.1, -0.05) is 0 Å². The van der Waals surface area contributed by atoms with E-state index >= 15 is 0 Å². The number of halogens is 1.